The molecule has 0 fully saturated rings. The molecular weight excluding hydrogens is 597 g/mol. The van der Waals surface area contributed by atoms with Crippen LogP contribution in [0.1, 0.15) is 0 Å². The summed E-state index contributed by atoms with van der Waals surface area (Å²) in [7, 11) is -14.0. The summed E-state index contributed by atoms with van der Waals surface area (Å²) in [6, 6.07) is 0. The van der Waals surface area contributed by atoms with Gasteiger partial charge in [-0.1, -0.05) is 0 Å². The van der Waals surface area contributed by atoms with E-state index in [0.717, 1.165) is 0 Å². The van der Waals surface area contributed by atoms with Gasteiger partial charge in [0.15, 0.2) is 0 Å². The summed E-state index contributed by atoms with van der Waals surface area (Å²) in [6.45, 7) is 0. The molecule has 0 saturated heterocycles. The van der Waals surface area contributed by atoms with Crippen molar-refractivity contribution in [2.75, 3.05) is 0 Å². The van der Waals surface area contributed by atoms with Crippen LogP contribution in [0.25, 0.3) is 0 Å². The standard InChI is InChI=1S/3H2O4S.3Rh/c3*1-5(2,3)4;;;/h3*(H2,1,2,3,4);;;. The van der Waals surface area contributed by atoms with E-state index in [1.807, 2.05) is 0 Å². The van der Waals surface area contributed by atoms with Crippen LogP contribution in [-0.2, 0) is 89.6 Å². The molecule has 3 radical (unpaired) electrons. The molecule has 0 aromatic carbocycles. The molecule has 0 aliphatic carbocycles. The first-order valence-corrected chi connectivity index (χ1v) is 6.29. The first-order valence-electron chi connectivity index (χ1n) is 2.10. The summed E-state index contributed by atoms with van der Waals surface area (Å²) < 4.78 is 94.8. The van der Waals surface area contributed by atoms with E-state index < -0.39 is 31.2 Å². The van der Waals surface area contributed by atoms with Crippen LogP contribution in [0.3, 0.4) is 0 Å². The molecule has 123 valence electrons. The second-order valence-corrected chi connectivity index (χ2v) is 4.03. The van der Waals surface area contributed by atoms with Crippen LogP contribution >= 0.6 is 0 Å². The minimum atomic E-state index is -4.67. The maximum absolute atomic E-state index is 8.74. The third kappa shape index (κ3) is 2170. The minimum absolute atomic E-state index is 0. The molecule has 0 aliphatic rings. The van der Waals surface area contributed by atoms with Gasteiger partial charge in [0, 0.05) is 58.4 Å². The fraction of sp³-hybridized carbons (Fsp3) is 0. The first-order chi connectivity index (χ1) is 6.00. The van der Waals surface area contributed by atoms with Gasteiger partial charge in [-0.3, -0.25) is 27.3 Å². The Morgan fingerprint density at radius 1 is 0.389 bits per heavy atom. The van der Waals surface area contributed by atoms with Crippen molar-refractivity contribution in [1.82, 2.24) is 0 Å². The van der Waals surface area contributed by atoms with E-state index in [1.54, 1.807) is 0 Å². The monoisotopic (exact) mass is 603 g/mol. The molecule has 6 N–H and O–H groups in total. The Balaban J connectivity index is -0.0000000277. The molecule has 18 heteroatoms. The van der Waals surface area contributed by atoms with Gasteiger partial charge in [-0.2, -0.15) is 25.3 Å². The van der Waals surface area contributed by atoms with Crippen LogP contribution in [0.4, 0.5) is 0 Å². The largest absolute Gasteiger partial charge is 0.394 e. The Bertz CT molecular complexity index is 343. The van der Waals surface area contributed by atoms with Gasteiger partial charge in [-0.05, 0) is 0 Å². The predicted octanol–water partition coefficient (Wildman–Crippen LogP) is -1.97. The second kappa shape index (κ2) is 14.9. The van der Waals surface area contributed by atoms with Gasteiger partial charge < -0.3 is 0 Å². The molecule has 0 aliphatic heterocycles. The van der Waals surface area contributed by atoms with Crippen molar-refractivity contribution in [3.63, 3.8) is 0 Å². The smallest absolute Gasteiger partial charge is 0.264 e. The zero-order valence-corrected chi connectivity index (χ0v) is 14.7. The van der Waals surface area contributed by atoms with Crippen molar-refractivity contribution in [3.05, 3.63) is 0 Å². The molecule has 0 aromatic rings. The van der Waals surface area contributed by atoms with Gasteiger partial charge in [0.25, 0.3) is 0 Å². The predicted molar refractivity (Wildman–Crippen MR) is 42.5 cm³/mol. The Hall–Kier alpha value is 1.48. The van der Waals surface area contributed by atoms with Gasteiger partial charge in [0.05, 0.1) is 0 Å². The molecule has 0 heterocycles. The van der Waals surface area contributed by atoms with Crippen molar-refractivity contribution >= 4 is 31.2 Å². The average molecular weight is 603 g/mol. The Morgan fingerprint density at radius 2 is 0.389 bits per heavy atom. The SMILES string of the molecule is O=S(=O)(O)O.O=S(=O)(O)O.O=S(=O)(O)O.[Rh].[Rh].[Rh]. The van der Waals surface area contributed by atoms with Gasteiger partial charge >= 0.3 is 31.2 Å². The molecule has 0 rings (SSSR count). The van der Waals surface area contributed by atoms with E-state index >= 15 is 0 Å². The van der Waals surface area contributed by atoms with Crippen molar-refractivity contribution in [1.29, 1.82) is 0 Å². The number of hydrogen-bond donors (Lipinski definition) is 6. The minimum Gasteiger partial charge on any atom is -0.264 e. The van der Waals surface area contributed by atoms with E-state index in [1.165, 1.54) is 0 Å². The van der Waals surface area contributed by atoms with E-state index in [4.69, 9.17) is 52.6 Å². The summed E-state index contributed by atoms with van der Waals surface area (Å²) in [5.74, 6) is 0. The average Bonchev–Trinajstić information content (AvgIpc) is 1.41. The Kier molecular flexibility index (Phi) is 30.3. The van der Waals surface area contributed by atoms with Gasteiger partial charge in [-0.25, -0.2) is 0 Å². The number of rotatable bonds is 0. The molecule has 0 aromatic heterocycles. The fourth-order valence-corrected chi connectivity index (χ4v) is 0. The van der Waals surface area contributed by atoms with Gasteiger partial charge in [-0.15, -0.1) is 0 Å². The van der Waals surface area contributed by atoms with Gasteiger partial charge in [0.1, 0.15) is 0 Å². The van der Waals surface area contributed by atoms with Crippen LogP contribution in [0.2, 0.25) is 0 Å². The maximum atomic E-state index is 8.74. The molecular formula is H6O12Rh3S3. The zero-order valence-electron chi connectivity index (χ0n) is 7.36. The maximum Gasteiger partial charge on any atom is 0.394 e. The molecule has 0 bridgehead atoms. The summed E-state index contributed by atoms with van der Waals surface area (Å²) in [4.78, 5) is 0. The topological polar surface area (TPSA) is 224 Å². The van der Waals surface area contributed by atoms with Gasteiger partial charge in [0.2, 0.25) is 0 Å². The molecule has 0 unspecified atom stereocenters. The molecule has 0 spiro atoms. The van der Waals surface area contributed by atoms with Crippen molar-refractivity contribution in [3.8, 4) is 0 Å². The molecule has 0 saturated carbocycles. The van der Waals surface area contributed by atoms with E-state index in [-0.39, 0.29) is 58.4 Å². The number of hydrogen-bond acceptors (Lipinski definition) is 6. The van der Waals surface area contributed by atoms with Crippen molar-refractivity contribution < 1.29 is 111 Å². The van der Waals surface area contributed by atoms with Crippen molar-refractivity contribution in [2.24, 2.45) is 0 Å². The zero-order chi connectivity index (χ0) is 13.5. The van der Waals surface area contributed by atoms with Crippen LogP contribution in [-0.4, -0.2) is 52.6 Å². The molecule has 18 heavy (non-hydrogen) atoms. The molecule has 12 nitrogen and oxygen atoms in total. The summed E-state index contributed by atoms with van der Waals surface area (Å²) in [6.07, 6.45) is 0. The Morgan fingerprint density at radius 3 is 0.389 bits per heavy atom. The summed E-state index contributed by atoms with van der Waals surface area (Å²) >= 11 is 0. The normalized spacial score (nSPS) is 9.67. The van der Waals surface area contributed by atoms with Crippen LogP contribution in [0, 0.1) is 0 Å². The summed E-state index contributed by atoms with van der Waals surface area (Å²) in [5.41, 5.74) is 0. The Labute approximate surface area is 141 Å². The van der Waals surface area contributed by atoms with Crippen LogP contribution in [0.5, 0.6) is 0 Å². The first kappa shape index (κ1) is 36.6. The third-order valence-corrected chi connectivity index (χ3v) is 0. The van der Waals surface area contributed by atoms with E-state index in [9.17, 15) is 0 Å². The fourth-order valence-electron chi connectivity index (χ4n) is 0. The van der Waals surface area contributed by atoms with E-state index in [0.29, 0.717) is 0 Å². The third-order valence-electron chi connectivity index (χ3n) is 0. The van der Waals surface area contributed by atoms with Crippen molar-refractivity contribution in [2.45, 2.75) is 0 Å². The molecule has 0 atom stereocenters. The summed E-state index contributed by atoms with van der Waals surface area (Å²) in [5, 5.41) is 0. The van der Waals surface area contributed by atoms with Crippen LogP contribution in [0.15, 0.2) is 0 Å². The van der Waals surface area contributed by atoms with E-state index in [2.05, 4.69) is 0 Å². The molecule has 0 amide bonds. The quantitative estimate of drug-likeness (QED) is 0.131. The second-order valence-electron chi connectivity index (χ2n) is 1.34. The van der Waals surface area contributed by atoms with Crippen LogP contribution < -0.4 is 0 Å².